The van der Waals surface area contributed by atoms with Crippen molar-refractivity contribution in [2.45, 2.75) is 26.3 Å². The smallest absolute Gasteiger partial charge is 0.289 e. The lowest BCUT2D eigenvalue weighted by Gasteiger charge is -2.31. The summed E-state index contributed by atoms with van der Waals surface area (Å²) in [5.74, 6) is -0.497. The third-order valence-electron chi connectivity index (χ3n) is 5.04. The highest BCUT2D eigenvalue weighted by Gasteiger charge is 2.30. The molecule has 0 N–H and O–H groups in total. The number of benzene rings is 2. The first kappa shape index (κ1) is 18.7. The van der Waals surface area contributed by atoms with Gasteiger partial charge in [-0.25, -0.2) is 4.39 Å². The quantitative estimate of drug-likeness (QED) is 0.786. The molecule has 0 spiro atoms. The van der Waals surface area contributed by atoms with E-state index in [1.165, 1.54) is 17.0 Å². The minimum Gasteiger partial charge on any atom is -0.308 e. The predicted octanol–water partition coefficient (Wildman–Crippen LogP) is 3.92. The Balaban J connectivity index is 1.62. The number of thioether (sulfide) groups is 1. The molecular weight excluding hydrogens is 379 g/mol. The number of halogens is 1. The summed E-state index contributed by atoms with van der Waals surface area (Å²) in [7, 11) is 0. The third kappa shape index (κ3) is 3.42. The van der Waals surface area contributed by atoms with Gasteiger partial charge in [-0.1, -0.05) is 23.9 Å². The minimum absolute atomic E-state index is 0.159. The molecule has 0 bridgehead atoms. The topological polar surface area (TPSA) is 57.7 Å². The van der Waals surface area contributed by atoms with Crippen molar-refractivity contribution in [3.8, 4) is 0 Å². The highest BCUT2D eigenvalue weighted by atomic mass is 32.2. The second-order valence-electron chi connectivity index (χ2n) is 7.03. The summed E-state index contributed by atoms with van der Waals surface area (Å²) in [4.78, 5) is 39.8. The maximum atomic E-state index is 13.8. The standard InChI is InChI=1S/C21H19FN2O3S/c1-13-8-17(22)10-15-6-3-7-23(19(13)15)20(26)16-5-2-4-14(9-16)11-24-18(25)12-28-21(24)27/h2,4-5,8-10H,3,6-7,11-12H2,1H3. The Morgan fingerprint density at radius 2 is 2.04 bits per heavy atom. The molecule has 0 radical (unpaired) electrons. The maximum absolute atomic E-state index is 13.8. The van der Waals surface area contributed by atoms with E-state index in [4.69, 9.17) is 0 Å². The fourth-order valence-corrected chi connectivity index (χ4v) is 4.52. The van der Waals surface area contributed by atoms with Crippen LogP contribution in [-0.2, 0) is 17.8 Å². The van der Waals surface area contributed by atoms with E-state index in [1.54, 1.807) is 29.2 Å². The van der Waals surface area contributed by atoms with Crippen LogP contribution in [0.4, 0.5) is 14.9 Å². The largest absolute Gasteiger partial charge is 0.308 e. The van der Waals surface area contributed by atoms with E-state index in [1.807, 2.05) is 6.92 Å². The lowest BCUT2D eigenvalue weighted by molar-refractivity contribution is -0.125. The molecule has 2 aromatic rings. The summed E-state index contributed by atoms with van der Waals surface area (Å²) >= 11 is 0.993. The molecule has 4 rings (SSSR count). The third-order valence-corrected chi connectivity index (χ3v) is 5.90. The Hall–Kier alpha value is -2.67. The van der Waals surface area contributed by atoms with E-state index >= 15 is 0 Å². The van der Waals surface area contributed by atoms with Gasteiger partial charge in [0.25, 0.3) is 11.1 Å². The molecule has 144 valence electrons. The van der Waals surface area contributed by atoms with Gasteiger partial charge in [-0.05, 0) is 60.7 Å². The number of hydrogen-bond donors (Lipinski definition) is 0. The summed E-state index contributed by atoms with van der Waals surface area (Å²) < 4.78 is 13.8. The van der Waals surface area contributed by atoms with Crippen LogP contribution in [0.2, 0.25) is 0 Å². The molecule has 7 heteroatoms. The van der Waals surface area contributed by atoms with Crippen LogP contribution in [0.3, 0.4) is 0 Å². The van der Waals surface area contributed by atoms with Gasteiger partial charge in [-0.15, -0.1) is 0 Å². The number of hydrogen-bond acceptors (Lipinski definition) is 4. The van der Waals surface area contributed by atoms with Gasteiger partial charge in [-0.2, -0.15) is 0 Å². The molecule has 0 aromatic heterocycles. The van der Waals surface area contributed by atoms with Crippen LogP contribution in [0.25, 0.3) is 0 Å². The summed E-state index contributed by atoms with van der Waals surface area (Å²) in [6.45, 7) is 2.54. The Morgan fingerprint density at radius 1 is 1.21 bits per heavy atom. The first-order chi connectivity index (χ1) is 13.4. The van der Waals surface area contributed by atoms with Crippen LogP contribution in [0, 0.1) is 12.7 Å². The van der Waals surface area contributed by atoms with E-state index in [2.05, 4.69) is 0 Å². The van der Waals surface area contributed by atoms with Crippen molar-refractivity contribution in [3.63, 3.8) is 0 Å². The highest BCUT2D eigenvalue weighted by molar-refractivity contribution is 8.14. The number of amides is 3. The molecule has 0 aliphatic carbocycles. The summed E-state index contributed by atoms with van der Waals surface area (Å²) in [6, 6.07) is 9.94. The number of carbonyl (C=O) groups is 3. The van der Waals surface area contributed by atoms with E-state index in [9.17, 15) is 18.8 Å². The van der Waals surface area contributed by atoms with Gasteiger partial charge < -0.3 is 4.90 Å². The number of aryl methyl sites for hydroxylation is 2. The zero-order valence-corrected chi connectivity index (χ0v) is 16.2. The highest BCUT2D eigenvalue weighted by Crippen LogP contribution is 2.33. The fourth-order valence-electron chi connectivity index (χ4n) is 3.80. The zero-order chi connectivity index (χ0) is 19.8. The van der Waals surface area contributed by atoms with Crippen molar-refractivity contribution < 1.29 is 18.8 Å². The van der Waals surface area contributed by atoms with Crippen molar-refractivity contribution in [2.75, 3.05) is 17.2 Å². The zero-order valence-electron chi connectivity index (χ0n) is 15.4. The van der Waals surface area contributed by atoms with Crippen LogP contribution in [0.1, 0.15) is 33.5 Å². The molecule has 2 aliphatic rings. The second-order valence-corrected chi connectivity index (χ2v) is 7.95. The Kier molecular flexibility index (Phi) is 4.93. The lowest BCUT2D eigenvalue weighted by Crippen LogP contribution is -2.36. The van der Waals surface area contributed by atoms with E-state index in [0.717, 1.165) is 47.0 Å². The molecule has 2 aliphatic heterocycles. The Morgan fingerprint density at radius 3 is 2.79 bits per heavy atom. The Bertz CT molecular complexity index is 976. The van der Waals surface area contributed by atoms with Crippen molar-refractivity contribution in [3.05, 3.63) is 64.5 Å². The molecule has 0 unspecified atom stereocenters. The van der Waals surface area contributed by atoms with E-state index < -0.39 is 0 Å². The van der Waals surface area contributed by atoms with Crippen molar-refractivity contribution >= 4 is 34.5 Å². The summed E-state index contributed by atoms with van der Waals surface area (Å²) in [5, 5.41) is -0.260. The lowest BCUT2D eigenvalue weighted by atomic mass is 9.97. The van der Waals surface area contributed by atoms with Gasteiger partial charge in [0.05, 0.1) is 18.0 Å². The van der Waals surface area contributed by atoms with Crippen LogP contribution in [0.15, 0.2) is 36.4 Å². The van der Waals surface area contributed by atoms with Gasteiger partial charge in [0.2, 0.25) is 5.91 Å². The van der Waals surface area contributed by atoms with Gasteiger partial charge in [0, 0.05) is 12.1 Å². The van der Waals surface area contributed by atoms with Gasteiger partial charge in [-0.3, -0.25) is 19.3 Å². The van der Waals surface area contributed by atoms with E-state index in [-0.39, 0.29) is 35.2 Å². The summed E-state index contributed by atoms with van der Waals surface area (Å²) in [5.41, 5.74) is 3.58. The molecule has 1 fully saturated rings. The van der Waals surface area contributed by atoms with Gasteiger partial charge in [0.1, 0.15) is 5.82 Å². The molecule has 0 atom stereocenters. The van der Waals surface area contributed by atoms with Crippen LogP contribution >= 0.6 is 11.8 Å². The number of rotatable bonds is 3. The number of carbonyl (C=O) groups excluding carboxylic acids is 3. The van der Waals surface area contributed by atoms with Crippen LogP contribution in [0.5, 0.6) is 0 Å². The number of anilines is 1. The number of nitrogens with zero attached hydrogens (tertiary/aromatic N) is 2. The minimum atomic E-state index is -0.287. The predicted molar refractivity (Wildman–Crippen MR) is 106 cm³/mol. The normalized spacial score (nSPS) is 16.5. The first-order valence-electron chi connectivity index (χ1n) is 9.11. The van der Waals surface area contributed by atoms with Crippen LogP contribution < -0.4 is 4.90 Å². The number of imide groups is 1. The van der Waals surface area contributed by atoms with Crippen LogP contribution in [-0.4, -0.2) is 34.3 Å². The molecule has 5 nitrogen and oxygen atoms in total. The molecular formula is C21H19FN2O3S. The number of fused-ring (bicyclic) bond motifs is 1. The van der Waals surface area contributed by atoms with Crippen molar-refractivity contribution in [2.24, 2.45) is 0 Å². The fraction of sp³-hybridized carbons (Fsp3) is 0.286. The molecule has 2 aromatic carbocycles. The van der Waals surface area contributed by atoms with Gasteiger partial charge >= 0.3 is 0 Å². The molecule has 2 heterocycles. The maximum Gasteiger partial charge on any atom is 0.289 e. The molecule has 0 saturated carbocycles. The summed E-state index contributed by atoms with van der Waals surface area (Å²) in [6.07, 6.45) is 1.52. The van der Waals surface area contributed by atoms with Gasteiger partial charge in [0.15, 0.2) is 0 Å². The average molecular weight is 398 g/mol. The second kappa shape index (κ2) is 7.39. The van der Waals surface area contributed by atoms with E-state index in [0.29, 0.717) is 12.1 Å². The average Bonchev–Trinajstić information content (AvgIpc) is 2.99. The molecule has 1 saturated heterocycles. The molecule has 28 heavy (non-hydrogen) atoms. The van der Waals surface area contributed by atoms with Crippen molar-refractivity contribution in [1.82, 2.24) is 4.90 Å². The SMILES string of the molecule is Cc1cc(F)cc2c1N(C(=O)c1cccc(CN3C(=O)CSC3=O)c1)CCC2. The monoisotopic (exact) mass is 398 g/mol. The molecule has 3 amide bonds. The Labute approximate surface area is 166 Å². The first-order valence-corrected chi connectivity index (χ1v) is 10.1. The van der Waals surface area contributed by atoms with Crippen molar-refractivity contribution in [1.29, 1.82) is 0 Å².